The summed E-state index contributed by atoms with van der Waals surface area (Å²) in [6.07, 6.45) is 3.71. The number of nitrogens with zero attached hydrogens (tertiary/aromatic N) is 1. The van der Waals surface area contributed by atoms with Gasteiger partial charge in [-0.3, -0.25) is 9.69 Å². The number of hydrogen-bond acceptors (Lipinski definition) is 3. The van der Waals surface area contributed by atoms with Crippen LogP contribution >= 0.6 is 15.9 Å². The molecule has 3 aromatic carbocycles. The zero-order valence-corrected chi connectivity index (χ0v) is 20.2. The number of carbonyl (C=O) groups is 1. The molecular formula is C29H22BrNO3. The summed E-state index contributed by atoms with van der Waals surface area (Å²) in [5, 5.41) is 0. The van der Waals surface area contributed by atoms with Gasteiger partial charge in [-0.25, -0.2) is 0 Å². The number of benzene rings is 3. The molecule has 168 valence electrons. The summed E-state index contributed by atoms with van der Waals surface area (Å²) in [5.41, 5.74) is 4.09. The monoisotopic (exact) mass is 511 g/mol. The maximum atomic E-state index is 13.5. The van der Waals surface area contributed by atoms with Crippen molar-refractivity contribution in [3.8, 4) is 17.1 Å². The largest absolute Gasteiger partial charge is 0.494 e. The first-order chi connectivity index (χ1) is 16.6. The van der Waals surface area contributed by atoms with Gasteiger partial charge < -0.3 is 9.15 Å². The summed E-state index contributed by atoms with van der Waals surface area (Å²) >= 11 is 3.45. The van der Waals surface area contributed by atoms with E-state index in [1.165, 1.54) is 0 Å². The van der Waals surface area contributed by atoms with Crippen LogP contribution in [0.15, 0.2) is 112 Å². The first-order valence-electron chi connectivity index (χ1n) is 11.0. The summed E-state index contributed by atoms with van der Waals surface area (Å²) in [6, 6.07) is 29.2. The van der Waals surface area contributed by atoms with Gasteiger partial charge in [-0.15, -0.1) is 0 Å². The molecule has 0 N–H and O–H groups in total. The third kappa shape index (κ3) is 4.47. The molecule has 0 saturated heterocycles. The van der Waals surface area contributed by atoms with Crippen molar-refractivity contribution in [1.82, 2.24) is 0 Å². The van der Waals surface area contributed by atoms with Crippen LogP contribution in [0.5, 0.6) is 5.75 Å². The van der Waals surface area contributed by atoms with E-state index in [4.69, 9.17) is 9.15 Å². The van der Waals surface area contributed by atoms with E-state index in [0.29, 0.717) is 17.9 Å². The Morgan fingerprint density at radius 3 is 2.32 bits per heavy atom. The predicted octanol–water partition coefficient (Wildman–Crippen LogP) is 7.58. The predicted molar refractivity (Wildman–Crippen MR) is 139 cm³/mol. The van der Waals surface area contributed by atoms with Crippen molar-refractivity contribution in [2.24, 2.45) is 0 Å². The summed E-state index contributed by atoms with van der Waals surface area (Å²) in [4.78, 5) is 15.3. The molecule has 5 heteroatoms. The van der Waals surface area contributed by atoms with Crippen molar-refractivity contribution in [2.45, 2.75) is 6.92 Å². The Morgan fingerprint density at radius 2 is 1.62 bits per heavy atom. The number of rotatable bonds is 6. The number of halogens is 1. The van der Waals surface area contributed by atoms with Crippen molar-refractivity contribution in [2.75, 3.05) is 11.5 Å². The molecule has 0 spiro atoms. The molecular weight excluding hydrogens is 490 g/mol. The second-order valence-electron chi connectivity index (χ2n) is 7.77. The van der Waals surface area contributed by atoms with Gasteiger partial charge in [-0.2, -0.15) is 0 Å². The van der Waals surface area contributed by atoms with Crippen LogP contribution in [0.4, 0.5) is 5.69 Å². The Kier molecular flexibility index (Phi) is 6.19. The third-order valence-corrected chi connectivity index (χ3v) is 6.04. The lowest BCUT2D eigenvalue weighted by atomic mass is 10.1. The summed E-state index contributed by atoms with van der Waals surface area (Å²) in [5.74, 6) is 2.04. The number of furan rings is 1. The highest BCUT2D eigenvalue weighted by atomic mass is 79.9. The summed E-state index contributed by atoms with van der Waals surface area (Å²) in [7, 11) is 0. The van der Waals surface area contributed by atoms with E-state index < -0.39 is 0 Å². The highest BCUT2D eigenvalue weighted by Gasteiger charge is 2.30. The molecule has 1 aliphatic heterocycles. The fraction of sp³-hybridized carbons (Fsp3) is 0.0690. The van der Waals surface area contributed by atoms with Gasteiger partial charge in [0.1, 0.15) is 17.3 Å². The van der Waals surface area contributed by atoms with Crippen LogP contribution in [-0.2, 0) is 4.79 Å². The van der Waals surface area contributed by atoms with Gasteiger partial charge in [-0.05, 0) is 73.2 Å². The van der Waals surface area contributed by atoms with E-state index in [1.54, 1.807) is 11.0 Å². The second kappa shape index (κ2) is 9.57. The Labute approximate surface area is 206 Å². The van der Waals surface area contributed by atoms with Crippen LogP contribution in [0.3, 0.4) is 0 Å². The molecule has 2 heterocycles. The maximum Gasteiger partial charge on any atom is 0.263 e. The Morgan fingerprint density at radius 1 is 0.882 bits per heavy atom. The maximum absolute atomic E-state index is 13.5. The minimum Gasteiger partial charge on any atom is -0.494 e. The Bertz CT molecular complexity index is 1370. The quantitative estimate of drug-likeness (QED) is 0.250. The SMILES string of the molecule is CCOc1ccc(N2C(=O)C(=Cc3ccc(-c4ccc(Br)cc4)o3)C=C2c2ccccc2)cc1. The highest BCUT2D eigenvalue weighted by Crippen LogP contribution is 2.36. The van der Waals surface area contributed by atoms with E-state index >= 15 is 0 Å². The number of anilines is 1. The van der Waals surface area contributed by atoms with Crippen LogP contribution < -0.4 is 9.64 Å². The van der Waals surface area contributed by atoms with Gasteiger partial charge in [0.2, 0.25) is 0 Å². The normalized spacial score (nSPS) is 14.5. The molecule has 0 saturated carbocycles. The van der Waals surface area contributed by atoms with Crippen LogP contribution in [-0.4, -0.2) is 12.5 Å². The van der Waals surface area contributed by atoms with Crippen LogP contribution in [0.1, 0.15) is 18.2 Å². The lowest BCUT2D eigenvalue weighted by Crippen LogP contribution is -2.24. The summed E-state index contributed by atoms with van der Waals surface area (Å²) < 4.78 is 12.6. The van der Waals surface area contributed by atoms with E-state index in [2.05, 4.69) is 15.9 Å². The standard InChI is InChI=1S/C29H22BrNO3/c1-2-33-25-14-12-24(13-15-25)31-27(20-6-4-3-5-7-20)19-22(29(31)32)18-26-16-17-28(34-26)21-8-10-23(30)11-9-21/h3-19H,2H2,1H3. The molecule has 0 fully saturated rings. The smallest absolute Gasteiger partial charge is 0.263 e. The molecule has 0 radical (unpaired) electrons. The zero-order chi connectivity index (χ0) is 23.5. The number of amides is 1. The number of hydrogen-bond donors (Lipinski definition) is 0. The van der Waals surface area contributed by atoms with E-state index in [9.17, 15) is 4.79 Å². The van der Waals surface area contributed by atoms with Crippen molar-refractivity contribution in [3.05, 3.63) is 118 Å². The number of carbonyl (C=O) groups excluding carboxylic acids is 1. The average Bonchev–Trinajstić information content (AvgIpc) is 3.46. The van der Waals surface area contributed by atoms with Crippen molar-refractivity contribution in [1.29, 1.82) is 0 Å². The zero-order valence-electron chi connectivity index (χ0n) is 18.6. The molecule has 5 rings (SSSR count). The molecule has 4 nitrogen and oxygen atoms in total. The molecule has 1 amide bonds. The van der Waals surface area contributed by atoms with Crippen LogP contribution in [0.25, 0.3) is 23.1 Å². The Balaban J connectivity index is 1.51. The topological polar surface area (TPSA) is 42.7 Å². The van der Waals surface area contributed by atoms with Gasteiger partial charge >= 0.3 is 0 Å². The molecule has 4 aromatic rings. The van der Waals surface area contributed by atoms with Crippen LogP contribution in [0.2, 0.25) is 0 Å². The van der Waals surface area contributed by atoms with E-state index in [-0.39, 0.29) is 5.91 Å². The van der Waals surface area contributed by atoms with E-state index in [1.807, 2.05) is 104 Å². The van der Waals surface area contributed by atoms with Crippen LogP contribution in [0, 0.1) is 0 Å². The fourth-order valence-corrected chi connectivity index (χ4v) is 4.17. The van der Waals surface area contributed by atoms with Gasteiger partial charge in [-0.1, -0.05) is 58.4 Å². The van der Waals surface area contributed by atoms with Gasteiger partial charge in [0.15, 0.2) is 0 Å². The van der Waals surface area contributed by atoms with Gasteiger partial charge in [0.05, 0.1) is 12.3 Å². The van der Waals surface area contributed by atoms with Gasteiger partial charge in [0.25, 0.3) is 5.91 Å². The fourth-order valence-electron chi connectivity index (χ4n) is 3.90. The minimum absolute atomic E-state index is 0.107. The lowest BCUT2D eigenvalue weighted by Gasteiger charge is -2.21. The lowest BCUT2D eigenvalue weighted by molar-refractivity contribution is -0.113. The van der Waals surface area contributed by atoms with E-state index in [0.717, 1.165) is 38.5 Å². The molecule has 0 bridgehead atoms. The minimum atomic E-state index is -0.107. The molecule has 1 aromatic heterocycles. The third-order valence-electron chi connectivity index (χ3n) is 5.51. The first kappa shape index (κ1) is 22.0. The molecule has 34 heavy (non-hydrogen) atoms. The molecule has 0 unspecified atom stereocenters. The average molecular weight is 512 g/mol. The molecule has 1 aliphatic rings. The summed E-state index contributed by atoms with van der Waals surface area (Å²) in [6.45, 7) is 2.54. The van der Waals surface area contributed by atoms with Gasteiger partial charge in [0, 0.05) is 21.3 Å². The van der Waals surface area contributed by atoms with Crippen molar-refractivity contribution >= 4 is 39.3 Å². The van der Waals surface area contributed by atoms with Crippen molar-refractivity contribution in [3.63, 3.8) is 0 Å². The molecule has 0 atom stereocenters. The highest BCUT2D eigenvalue weighted by molar-refractivity contribution is 9.10. The number of ether oxygens (including phenoxy) is 1. The Hall–Kier alpha value is -3.83. The molecule has 0 aliphatic carbocycles. The first-order valence-corrected chi connectivity index (χ1v) is 11.8. The second-order valence-corrected chi connectivity index (χ2v) is 8.69. The van der Waals surface area contributed by atoms with Crippen molar-refractivity contribution < 1.29 is 13.9 Å².